The SMILES string of the molecule is O=C(c1ccc(-c2ncccc2O)cc1)N1CCCCC1CCn1cccn1. The summed E-state index contributed by atoms with van der Waals surface area (Å²) in [6.07, 6.45) is 9.53. The number of benzene rings is 1. The Bertz CT molecular complexity index is 922. The summed E-state index contributed by atoms with van der Waals surface area (Å²) in [7, 11) is 0. The van der Waals surface area contributed by atoms with Crippen molar-refractivity contribution in [1.82, 2.24) is 19.7 Å². The molecule has 2 aromatic heterocycles. The Kier molecular flexibility index (Phi) is 5.37. The molecular weight excluding hydrogens is 352 g/mol. The predicted octanol–water partition coefficient (Wildman–Crippen LogP) is 3.74. The Labute approximate surface area is 164 Å². The lowest BCUT2D eigenvalue weighted by molar-refractivity contribution is 0.0594. The molecule has 0 radical (unpaired) electrons. The fourth-order valence-corrected chi connectivity index (χ4v) is 3.84. The first kappa shape index (κ1) is 18.2. The number of piperidine rings is 1. The molecule has 1 aliphatic heterocycles. The van der Waals surface area contributed by atoms with Gasteiger partial charge < -0.3 is 10.0 Å². The molecule has 3 aromatic rings. The Morgan fingerprint density at radius 2 is 1.96 bits per heavy atom. The zero-order valence-corrected chi connectivity index (χ0v) is 15.7. The number of aromatic nitrogens is 3. The largest absolute Gasteiger partial charge is 0.506 e. The number of carbonyl (C=O) groups excluding carboxylic acids is 1. The second-order valence-corrected chi connectivity index (χ2v) is 7.15. The molecule has 1 N–H and O–H groups in total. The number of aryl methyl sites for hydroxylation is 1. The summed E-state index contributed by atoms with van der Waals surface area (Å²) in [6, 6.07) is 12.8. The first-order valence-corrected chi connectivity index (χ1v) is 9.75. The third-order valence-electron chi connectivity index (χ3n) is 5.33. The maximum absolute atomic E-state index is 13.1. The Hall–Kier alpha value is -3.15. The van der Waals surface area contributed by atoms with E-state index in [0.717, 1.165) is 44.3 Å². The number of pyridine rings is 1. The molecule has 1 aliphatic rings. The van der Waals surface area contributed by atoms with Gasteiger partial charge in [-0.25, -0.2) is 0 Å². The molecule has 6 nitrogen and oxygen atoms in total. The molecular formula is C22H24N4O2. The average molecular weight is 376 g/mol. The first-order valence-electron chi connectivity index (χ1n) is 9.75. The van der Waals surface area contributed by atoms with Crippen molar-refractivity contribution < 1.29 is 9.90 Å². The molecule has 0 aliphatic carbocycles. The number of aromatic hydroxyl groups is 1. The van der Waals surface area contributed by atoms with Crippen LogP contribution in [0.25, 0.3) is 11.3 Å². The molecule has 1 unspecified atom stereocenters. The summed E-state index contributed by atoms with van der Waals surface area (Å²) in [4.78, 5) is 19.4. The number of carbonyl (C=O) groups is 1. The third kappa shape index (κ3) is 3.91. The summed E-state index contributed by atoms with van der Waals surface area (Å²) in [6.45, 7) is 1.62. The van der Waals surface area contributed by atoms with Gasteiger partial charge in [-0.1, -0.05) is 12.1 Å². The maximum Gasteiger partial charge on any atom is 0.254 e. The maximum atomic E-state index is 13.1. The quantitative estimate of drug-likeness (QED) is 0.736. The number of likely N-dealkylation sites (tertiary alicyclic amines) is 1. The zero-order valence-electron chi connectivity index (χ0n) is 15.7. The third-order valence-corrected chi connectivity index (χ3v) is 5.33. The van der Waals surface area contributed by atoms with Crippen LogP contribution in [0, 0.1) is 0 Å². The number of nitrogens with zero attached hydrogens (tertiary/aromatic N) is 4. The summed E-state index contributed by atoms with van der Waals surface area (Å²) in [5.41, 5.74) is 1.99. The highest BCUT2D eigenvalue weighted by Gasteiger charge is 2.27. The normalized spacial score (nSPS) is 16.9. The summed E-state index contributed by atoms with van der Waals surface area (Å²) in [5.74, 6) is 0.207. The minimum Gasteiger partial charge on any atom is -0.506 e. The van der Waals surface area contributed by atoms with E-state index >= 15 is 0 Å². The Morgan fingerprint density at radius 3 is 2.71 bits per heavy atom. The minimum atomic E-state index is 0.0713. The molecule has 4 rings (SSSR count). The lowest BCUT2D eigenvalue weighted by atomic mass is 9.97. The first-order chi connectivity index (χ1) is 13.7. The van der Waals surface area contributed by atoms with E-state index in [0.29, 0.717) is 11.3 Å². The van der Waals surface area contributed by atoms with E-state index in [2.05, 4.69) is 10.1 Å². The van der Waals surface area contributed by atoms with E-state index in [1.807, 2.05) is 46.1 Å². The van der Waals surface area contributed by atoms with Crippen LogP contribution < -0.4 is 0 Å². The fourth-order valence-electron chi connectivity index (χ4n) is 3.84. The summed E-state index contributed by atoms with van der Waals surface area (Å²) >= 11 is 0. The molecule has 144 valence electrons. The van der Waals surface area contributed by atoms with Gasteiger partial charge in [-0.3, -0.25) is 14.5 Å². The molecule has 0 spiro atoms. The predicted molar refractivity (Wildman–Crippen MR) is 107 cm³/mol. The van der Waals surface area contributed by atoms with Crippen molar-refractivity contribution in [3.05, 3.63) is 66.6 Å². The standard InChI is InChI=1S/C22H24N4O2/c27-20-6-3-12-23-21(20)17-7-9-18(10-8-17)22(28)26-15-2-1-5-19(26)11-16-25-14-4-13-24-25/h3-4,6-10,12-14,19,27H,1-2,5,11,15-16H2. The van der Waals surface area contributed by atoms with Crippen molar-refractivity contribution in [2.45, 2.75) is 38.3 Å². The van der Waals surface area contributed by atoms with Crippen molar-refractivity contribution in [3.8, 4) is 17.0 Å². The summed E-state index contributed by atoms with van der Waals surface area (Å²) < 4.78 is 1.92. The van der Waals surface area contributed by atoms with Crippen molar-refractivity contribution >= 4 is 5.91 Å². The second-order valence-electron chi connectivity index (χ2n) is 7.15. The molecule has 1 atom stereocenters. The van der Waals surface area contributed by atoms with Crippen LogP contribution in [0.3, 0.4) is 0 Å². The van der Waals surface area contributed by atoms with E-state index in [1.54, 1.807) is 24.5 Å². The second kappa shape index (κ2) is 8.25. The van der Waals surface area contributed by atoms with Crippen LogP contribution in [0.2, 0.25) is 0 Å². The Balaban J connectivity index is 1.48. The van der Waals surface area contributed by atoms with Crippen LogP contribution in [-0.4, -0.2) is 43.3 Å². The fraction of sp³-hybridized carbons (Fsp3) is 0.318. The van der Waals surface area contributed by atoms with Crippen LogP contribution in [0.15, 0.2) is 61.1 Å². The van der Waals surface area contributed by atoms with Gasteiger partial charge in [0.25, 0.3) is 5.91 Å². The minimum absolute atomic E-state index is 0.0713. The molecule has 1 saturated heterocycles. The lowest BCUT2D eigenvalue weighted by Crippen LogP contribution is -2.44. The molecule has 28 heavy (non-hydrogen) atoms. The molecule has 1 aromatic carbocycles. The Morgan fingerprint density at radius 1 is 1.11 bits per heavy atom. The van der Waals surface area contributed by atoms with Crippen LogP contribution in [0.5, 0.6) is 5.75 Å². The molecule has 0 bridgehead atoms. The van der Waals surface area contributed by atoms with Crippen molar-refractivity contribution in [2.24, 2.45) is 0 Å². The molecule has 3 heterocycles. The van der Waals surface area contributed by atoms with E-state index in [-0.39, 0.29) is 17.7 Å². The van der Waals surface area contributed by atoms with Gasteiger partial charge in [-0.05, 0) is 56.0 Å². The lowest BCUT2D eigenvalue weighted by Gasteiger charge is -2.36. The highest BCUT2D eigenvalue weighted by Crippen LogP contribution is 2.27. The van der Waals surface area contributed by atoms with Gasteiger partial charge in [0.05, 0.1) is 0 Å². The van der Waals surface area contributed by atoms with Crippen LogP contribution in [0.4, 0.5) is 0 Å². The van der Waals surface area contributed by atoms with Gasteiger partial charge in [-0.2, -0.15) is 5.10 Å². The van der Waals surface area contributed by atoms with Gasteiger partial charge in [0.15, 0.2) is 0 Å². The van der Waals surface area contributed by atoms with Gasteiger partial charge in [0.2, 0.25) is 0 Å². The molecule has 0 saturated carbocycles. The van der Waals surface area contributed by atoms with Crippen molar-refractivity contribution in [2.75, 3.05) is 6.54 Å². The number of hydrogen-bond acceptors (Lipinski definition) is 4. The van der Waals surface area contributed by atoms with E-state index in [1.165, 1.54) is 0 Å². The van der Waals surface area contributed by atoms with E-state index in [9.17, 15) is 9.90 Å². The number of hydrogen-bond donors (Lipinski definition) is 1. The topological polar surface area (TPSA) is 71.2 Å². The van der Waals surface area contributed by atoms with Gasteiger partial charge in [-0.15, -0.1) is 0 Å². The zero-order chi connectivity index (χ0) is 19.3. The monoisotopic (exact) mass is 376 g/mol. The number of rotatable bonds is 5. The summed E-state index contributed by atoms with van der Waals surface area (Å²) in [5, 5.41) is 14.2. The van der Waals surface area contributed by atoms with Gasteiger partial charge in [0, 0.05) is 48.8 Å². The molecule has 1 fully saturated rings. The van der Waals surface area contributed by atoms with Crippen molar-refractivity contribution in [3.63, 3.8) is 0 Å². The van der Waals surface area contributed by atoms with Gasteiger partial charge >= 0.3 is 0 Å². The molecule has 1 amide bonds. The molecule has 6 heteroatoms. The van der Waals surface area contributed by atoms with Crippen molar-refractivity contribution in [1.29, 1.82) is 0 Å². The van der Waals surface area contributed by atoms with E-state index in [4.69, 9.17) is 0 Å². The van der Waals surface area contributed by atoms with Crippen LogP contribution >= 0.6 is 0 Å². The number of amides is 1. The van der Waals surface area contributed by atoms with E-state index < -0.39 is 0 Å². The van der Waals surface area contributed by atoms with Crippen LogP contribution in [0.1, 0.15) is 36.0 Å². The van der Waals surface area contributed by atoms with Gasteiger partial charge in [0.1, 0.15) is 11.4 Å². The average Bonchev–Trinajstić information content (AvgIpc) is 3.26. The smallest absolute Gasteiger partial charge is 0.254 e. The van der Waals surface area contributed by atoms with Crippen LogP contribution in [-0.2, 0) is 6.54 Å². The highest BCUT2D eigenvalue weighted by atomic mass is 16.3. The highest BCUT2D eigenvalue weighted by molar-refractivity contribution is 5.95.